The molecule has 0 aliphatic carbocycles. The molecule has 0 aliphatic heterocycles. The number of hydrogen-bond acceptors (Lipinski definition) is 5. The van der Waals surface area contributed by atoms with E-state index in [0.29, 0.717) is 12.4 Å². The van der Waals surface area contributed by atoms with Crippen LogP contribution in [0.25, 0.3) is 16.7 Å². The average molecular weight is 319 g/mol. The number of nitrogens with one attached hydrogen (secondary N) is 1. The van der Waals surface area contributed by atoms with Gasteiger partial charge in [0.15, 0.2) is 5.82 Å². The predicted octanol–water partition coefficient (Wildman–Crippen LogP) is 3.21. The monoisotopic (exact) mass is 319 g/mol. The molecule has 0 saturated carbocycles. The van der Waals surface area contributed by atoms with Gasteiger partial charge in [0.25, 0.3) is 0 Å². The highest BCUT2D eigenvalue weighted by molar-refractivity contribution is 5.82. The second kappa shape index (κ2) is 5.81. The van der Waals surface area contributed by atoms with E-state index in [9.17, 15) is 0 Å². The third-order valence-corrected chi connectivity index (χ3v) is 4.03. The quantitative estimate of drug-likeness (QED) is 0.626. The Morgan fingerprint density at radius 2 is 1.83 bits per heavy atom. The summed E-state index contributed by atoms with van der Waals surface area (Å²) in [5, 5.41) is 11.9. The third kappa shape index (κ3) is 2.32. The first-order valence-electron chi connectivity index (χ1n) is 7.74. The fourth-order valence-electron chi connectivity index (χ4n) is 2.87. The number of anilines is 1. The van der Waals surface area contributed by atoms with Crippen molar-refractivity contribution >= 4 is 22.5 Å². The van der Waals surface area contributed by atoms with E-state index in [0.717, 1.165) is 33.8 Å². The molecule has 0 saturated heterocycles. The molecule has 2 aromatic carbocycles. The van der Waals surface area contributed by atoms with Gasteiger partial charge in [0, 0.05) is 12.1 Å². The number of hydrogen-bond donors (Lipinski definition) is 1. The van der Waals surface area contributed by atoms with Crippen molar-refractivity contribution in [3.05, 3.63) is 59.9 Å². The Kier molecular flexibility index (Phi) is 3.49. The van der Waals surface area contributed by atoms with E-state index in [2.05, 4.69) is 15.5 Å². The number of rotatable bonds is 4. The van der Waals surface area contributed by atoms with Gasteiger partial charge in [-0.1, -0.05) is 30.3 Å². The van der Waals surface area contributed by atoms with Crippen molar-refractivity contribution in [2.75, 3.05) is 12.4 Å². The molecule has 4 aromatic rings. The standard InChI is InChI=1S/C18H17N5O/c1-12-21-22-18-17(19-11-13-7-3-6-10-16(13)24-2)20-14-8-4-5-9-15(14)23(12)18/h3-10H,11H2,1-2H3,(H,19,20). The zero-order chi connectivity index (χ0) is 16.5. The average Bonchev–Trinajstić information content (AvgIpc) is 3.02. The summed E-state index contributed by atoms with van der Waals surface area (Å²) in [5.41, 5.74) is 3.68. The fraction of sp³-hybridized carbons (Fsp3) is 0.167. The highest BCUT2D eigenvalue weighted by atomic mass is 16.5. The van der Waals surface area contributed by atoms with Crippen molar-refractivity contribution in [2.45, 2.75) is 13.5 Å². The van der Waals surface area contributed by atoms with Crippen molar-refractivity contribution in [1.82, 2.24) is 19.6 Å². The summed E-state index contributed by atoms with van der Waals surface area (Å²) < 4.78 is 7.42. The van der Waals surface area contributed by atoms with E-state index in [1.165, 1.54) is 0 Å². The summed E-state index contributed by atoms with van der Waals surface area (Å²) in [6.07, 6.45) is 0. The number of fused-ring (bicyclic) bond motifs is 3. The molecule has 1 N–H and O–H groups in total. The minimum atomic E-state index is 0.594. The van der Waals surface area contributed by atoms with Gasteiger partial charge in [-0.15, -0.1) is 10.2 Å². The van der Waals surface area contributed by atoms with Crippen LogP contribution in [0, 0.1) is 6.92 Å². The molecule has 4 rings (SSSR count). The maximum atomic E-state index is 5.40. The van der Waals surface area contributed by atoms with E-state index in [1.54, 1.807) is 7.11 Å². The van der Waals surface area contributed by atoms with Gasteiger partial charge in [-0.25, -0.2) is 4.98 Å². The number of benzene rings is 2. The molecule has 6 heteroatoms. The zero-order valence-electron chi connectivity index (χ0n) is 13.5. The van der Waals surface area contributed by atoms with Gasteiger partial charge in [0.05, 0.1) is 18.1 Å². The SMILES string of the molecule is COc1ccccc1CNc1nc2ccccc2n2c(C)nnc12. The normalized spacial score (nSPS) is 11.1. The van der Waals surface area contributed by atoms with Gasteiger partial charge < -0.3 is 10.1 Å². The summed E-state index contributed by atoms with van der Waals surface area (Å²) in [4.78, 5) is 4.71. The van der Waals surface area contributed by atoms with Crippen molar-refractivity contribution in [1.29, 1.82) is 0 Å². The molecule has 2 heterocycles. The van der Waals surface area contributed by atoms with Crippen LogP contribution in [-0.4, -0.2) is 26.7 Å². The van der Waals surface area contributed by atoms with Crippen LogP contribution in [-0.2, 0) is 6.54 Å². The molecule has 0 fully saturated rings. The molecular weight excluding hydrogens is 302 g/mol. The minimum absolute atomic E-state index is 0.594. The van der Waals surface area contributed by atoms with Gasteiger partial charge in [-0.05, 0) is 25.1 Å². The molecular formula is C18H17N5O. The van der Waals surface area contributed by atoms with Crippen molar-refractivity contribution < 1.29 is 4.74 Å². The van der Waals surface area contributed by atoms with Gasteiger partial charge in [-0.3, -0.25) is 4.40 Å². The molecule has 0 aliphatic rings. The van der Waals surface area contributed by atoms with Crippen LogP contribution in [0.15, 0.2) is 48.5 Å². The number of methoxy groups -OCH3 is 1. The van der Waals surface area contributed by atoms with Gasteiger partial charge in [-0.2, -0.15) is 0 Å². The topological polar surface area (TPSA) is 64.3 Å². The number of nitrogens with zero attached hydrogens (tertiary/aromatic N) is 4. The summed E-state index contributed by atoms with van der Waals surface area (Å²) in [7, 11) is 1.67. The van der Waals surface area contributed by atoms with E-state index in [-0.39, 0.29) is 0 Å². The first-order valence-corrected chi connectivity index (χ1v) is 7.74. The molecule has 0 unspecified atom stereocenters. The van der Waals surface area contributed by atoms with Crippen LogP contribution in [0.5, 0.6) is 5.75 Å². The molecule has 2 aromatic heterocycles. The van der Waals surface area contributed by atoms with Crippen molar-refractivity contribution in [3.8, 4) is 5.75 Å². The molecule has 120 valence electrons. The number of para-hydroxylation sites is 3. The van der Waals surface area contributed by atoms with Gasteiger partial charge in [0.2, 0.25) is 5.65 Å². The smallest absolute Gasteiger partial charge is 0.204 e. The molecule has 0 radical (unpaired) electrons. The van der Waals surface area contributed by atoms with Crippen LogP contribution in [0.2, 0.25) is 0 Å². The van der Waals surface area contributed by atoms with Crippen LogP contribution in [0.3, 0.4) is 0 Å². The minimum Gasteiger partial charge on any atom is -0.496 e. The fourth-order valence-corrected chi connectivity index (χ4v) is 2.87. The predicted molar refractivity (Wildman–Crippen MR) is 93.3 cm³/mol. The van der Waals surface area contributed by atoms with E-state index < -0.39 is 0 Å². The van der Waals surface area contributed by atoms with Crippen LogP contribution in [0.1, 0.15) is 11.4 Å². The maximum Gasteiger partial charge on any atom is 0.204 e. The lowest BCUT2D eigenvalue weighted by Crippen LogP contribution is -2.06. The molecule has 6 nitrogen and oxygen atoms in total. The van der Waals surface area contributed by atoms with Gasteiger partial charge in [0.1, 0.15) is 11.6 Å². The van der Waals surface area contributed by atoms with E-state index in [1.807, 2.05) is 59.9 Å². The third-order valence-electron chi connectivity index (χ3n) is 4.03. The second-order valence-corrected chi connectivity index (χ2v) is 5.52. The molecule has 0 amide bonds. The molecule has 0 bridgehead atoms. The largest absolute Gasteiger partial charge is 0.496 e. The summed E-state index contributed by atoms with van der Waals surface area (Å²) >= 11 is 0. The first kappa shape index (κ1) is 14.4. The Bertz CT molecular complexity index is 1020. The molecule has 24 heavy (non-hydrogen) atoms. The van der Waals surface area contributed by atoms with E-state index >= 15 is 0 Å². The first-order chi connectivity index (χ1) is 11.8. The summed E-state index contributed by atoms with van der Waals surface area (Å²) in [5.74, 6) is 2.39. The van der Waals surface area contributed by atoms with E-state index in [4.69, 9.17) is 9.72 Å². The van der Waals surface area contributed by atoms with Crippen molar-refractivity contribution in [3.63, 3.8) is 0 Å². The Morgan fingerprint density at radius 3 is 2.71 bits per heavy atom. The van der Waals surface area contributed by atoms with Crippen LogP contribution in [0.4, 0.5) is 5.82 Å². The van der Waals surface area contributed by atoms with Crippen LogP contribution >= 0.6 is 0 Å². The summed E-state index contributed by atoms with van der Waals surface area (Å²) in [6.45, 7) is 2.54. The number of ether oxygens (including phenoxy) is 1. The maximum absolute atomic E-state index is 5.40. The second-order valence-electron chi connectivity index (χ2n) is 5.52. The Labute approximate surface area is 139 Å². The van der Waals surface area contributed by atoms with Crippen LogP contribution < -0.4 is 10.1 Å². The lowest BCUT2D eigenvalue weighted by atomic mass is 10.2. The highest BCUT2D eigenvalue weighted by Crippen LogP contribution is 2.23. The Hall–Kier alpha value is -3.15. The molecule has 0 atom stereocenters. The molecule has 0 spiro atoms. The highest BCUT2D eigenvalue weighted by Gasteiger charge is 2.13. The number of aryl methyl sites for hydroxylation is 1. The zero-order valence-corrected chi connectivity index (χ0v) is 13.5. The van der Waals surface area contributed by atoms with Gasteiger partial charge >= 0.3 is 0 Å². The summed E-state index contributed by atoms with van der Waals surface area (Å²) in [6, 6.07) is 15.9. The Morgan fingerprint density at radius 1 is 1.04 bits per heavy atom. The lowest BCUT2D eigenvalue weighted by molar-refractivity contribution is 0.410. The van der Waals surface area contributed by atoms with Crippen molar-refractivity contribution in [2.24, 2.45) is 0 Å². The lowest BCUT2D eigenvalue weighted by Gasteiger charge is -2.11. The number of aromatic nitrogens is 4. The Balaban J connectivity index is 1.78.